The van der Waals surface area contributed by atoms with Crippen molar-refractivity contribution in [3.05, 3.63) is 59.0 Å². The van der Waals surface area contributed by atoms with Crippen molar-refractivity contribution in [3.8, 4) is 0 Å². The lowest BCUT2D eigenvalue weighted by molar-refractivity contribution is 0.867. The smallest absolute Gasteiger partial charge is 0.160 e. The van der Waals surface area contributed by atoms with Crippen LogP contribution in [0.15, 0.2) is 53.4 Å². The summed E-state index contributed by atoms with van der Waals surface area (Å²) in [6.45, 7) is 4.33. The molecule has 3 rings (SSSR count). The number of anilines is 5. The predicted octanol–water partition coefficient (Wildman–Crippen LogP) is 4.83. The molecule has 0 aliphatic carbocycles. The molecule has 3 aromatic rings. The van der Waals surface area contributed by atoms with Crippen LogP contribution in [-0.4, -0.2) is 15.0 Å². The van der Waals surface area contributed by atoms with Crippen LogP contribution >= 0.6 is 15.9 Å². The lowest BCUT2D eigenvalue weighted by Gasteiger charge is -2.13. The summed E-state index contributed by atoms with van der Waals surface area (Å²) < 4.78 is 0.904. The minimum atomic E-state index is 0.431. The second-order valence-electron chi connectivity index (χ2n) is 5.87. The number of hydrogen-bond acceptors (Lipinski definition) is 6. The van der Waals surface area contributed by atoms with Gasteiger partial charge < -0.3 is 16.4 Å². The van der Waals surface area contributed by atoms with Crippen LogP contribution in [0.4, 0.5) is 28.8 Å². The van der Waals surface area contributed by atoms with E-state index in [2.05, 4.69) is 67.5 Å². The van der Waals surface area contributed by atoms with Crippen LogP contribution in [0.5, 0.6) is 0 Å². The van der Waals surface area contributed by atoms with Crippen molar-refractivity contribution in [2.75, 3.05) is 16.4 Å². The Balaban J connectivity index is 1.79. The number of nitrogens with two attached hydrogens (primary N) is 1. The maximum absolute atomic E-state index is 6.20. The van der Waals surface area contributed by atoms with Gasteiger partial charge in [-0.1, -0.05) is 26.0 Å². The van der Waals surface area contributed by atoms with Crippen LogP contribution < -0.4 is 16.4 Å². The highest BCUT2D eigenvalue weighted by molar-refractivity contribution is 9.10. The Morgan fingerprint density at radius 3 is 2.20 bits per heavy atom. The van der Waals surface area contributed by atoms with E-state index in [1.54, 1.807) is 6.20 Å². The van der Waals surface area contributed by atoms with Crippen LogP contribution in [0.2, 0.25) is 0 Å². The van der Waals surface area contributed by atoms with Crippen molar-refractivity contribution in [3.63, 3.8) is 0 Å². The van der Waals surface area contributed by atoms with E-state index in [0.717, 1.165) is 10.2 Å². The number of nitrogens with zero attached hydrogens (tertiary/aromatic N) is 3. The largest absolute Gasteiger partial charge is 0.393 e. The van der Waals surface area contributed by atoms with Gasteiger partial charge in [-0.2, -0.15) is 0 Å². The molecular formula is C18H19BrN6. The summed E-state index contributed by atoms with van der Waals surface area (Å²) in [6.07, 6.45) is 3.16. The molecule has 0 atom stereocenters. The van der Waals surface area contributed by atoms with Crippen molar-refractivity contribution >= 4 is 44.8 Å². The van der Waals surface area contributed by atoms with E-state index in [0.29, 0.717) is 29.1 Å². The fraction of sp³-hybridized carbons (Fsp3) is 0.167. The molecule has 128 valence electrons. The van der Waals surface area contributed by atoms with Crippen molar-refractivity contribution < 1.29 is 0 Å². The van der Waals surface area contributed by atoms with Gasteiger partial charge in [0.1, 0.15) is 17.8 Å². The zero-order chi connectivity index (χ0) is 17.8. The highest BCUT2D eigenvalue weighted by Crippen LogP contribution is 2.28. The van der Waals surface area contributed by atoms with Gasteiger partial charge in [-0.15, -0.1) is 0 Å². The normalized spacial score (nSPS) is 10.7. The van der Waals surface area contributed by atoms with E-state index in [-0.39, 0.29) is 0 Å². The molecule has 0 aliphatic heterocycles. The van der Waals surface area contributed by atoms with E-state index >= 15 is 0 Å². The van der Waals surface area contributed by atoms with Gasteiger partial charge in [-0.05, 0) is 51.7 Å². The Labute approximate surface area is 155 Å². The molecule has 0 unspecified atom stereocenters. The number of aromatic nitrogens is 3. The number of nitrogens with one attached hydrogen (secondary N) is 2. The number of pyridine rings is 1. The van der Waals surface area contributed by atoms with Crippen LogP contribution in [0.25, 0.3) is 0 Å². The van der Waals surface area contributed by atoms with Crippen LogP contribution in [0, 0.1) is 0 Å². The molecule has 7 heteroatoms. The van der Waals surface area contributed by atoms with Crippen molar-refractivity contribution in [1.29, 1.82) is 0 Å². The first-order valence-electron chi connectivity index (χ1n) is 7.89. The molecule has 0 spiro atoms. The molecule has 1 aromatic carbocycles. The second-order valence-corrected chi connectivity index (χ2v) is 6.79. The monoisotopic (exact) mass is 398 g/mol. The molecule has 2 heterocycles. The molecule has 0 aliphatic rings. The van der Waals surface area contributed by atoms with Gasteiger partial charge in [0.2, 0.25) is 0 Å². The Morgan fingerprint density at radius 1 is 0.920 bits per heavy atom. The standard InChI is InChI=1S/C18H19BrN6/c1-11(2)12-3-6-14(7-4-12)24-17-16(20)18(23-10-22-17)25-15-8-5-13(19)9-21-15/h3-11H,20H2,1-2H3,(H2,21,22,23,24,25). The van der Waals surface area contributed by atoms with Crippen molar-refractivity contribution in [2.45, 2.75) is 19.8 Å². The van der Waals surface area contributed by atoms with Gasteiger partial charge in [0.15, 0.2) is 11.6 Å². The molecule has 0 saturated carbocycles. The van der Waals surface area contributed by atoms with Gasteiger partial charge >= 0.3 is 0 Å². The fourth-order valence-corrected chi connectivity index (χ4v) is 2.49. The van der Waals surface area contributed by atoms with Gasteiger partial charge in [0.25, 0.3) is 0 Å². The Kier molecular flexibility index (Phi) is 5.14. The summed E-state index contributed by atoms with van der Waals surface area (Å²) in [5.41, 5.74) is 8.83. The van der Waals surface area contributed by atoms with Gasteiger partial charge in [0.05, 0.1) is 0 Å². The summed E-state index contributed by atoms with van der Waals surface area (Å²) in [7, 11) is 0. The summed E-state index contributed by atoms with van der Waals surface area (Å²) in [4.78, 5) is 12.7. The van der Waals surface area contributed by atoms with Gasteiger partial charge in [0, 0.05) is 16.4 Å². The van der Waals surface area contributed by atoms with Crippen LogP contribution in [-0.2, 0) is 0 Å². The second kappa shape index (κ2) is 7.48. The minimum Gasteiger partial charge on any atom is -0.393 e. The van der Waals surface area contributed by atoms with E-state index in [4.69, 9.17) is 5.73 Å². The Morgan fingerprint density at radius 2 is 1.60 bits per heavy atom. The third-order valence-corrected chi connectivity index (χ3v) is 4.17. The molecule has 0 amide bonds. The molecule has 6 nitrogen and oxygen atoms in total. The molecular weight excluding hydrogens is 380 g/mol. The number of hydrogen-bond donors (Lipinski definition) is 3. The topological polar surface area (TPSA) is 88.8 Å². The van der Waals surface area contributed by atoms with Crippen molar-refractivity contribution in [2.24, 2.45) is 0 Å². The predicted molar refractivity (Wildman–Crippen MR) is 105 cm³/mol. The summed E-state index contributed by atoms with van der Waals surface area (Å²) in [5.74, 6) is 2.20. The first-order valence-corrected chi connectivity index (χ1v) is 8.68. The molecule has 0 fully saturated rings. The minimum absolute atomic E-state index is 0.431. The lowest BCUT2D eigenvalue weighted by Crippen LogP contribution is -2.05. The zero-order valence-electron chi connectivity index (χ0n) is 14.0. The number of benzene rings is 1. The van der Waals surface area contributed by atoms with Crippen molar-refractivity contribution in [1.82, 2.24) is 15.0 Å². The molecule has 25 heavy (non-hydrogen) atoms. The van der Waals surface area contributed by atoms with Crippen LogP contribution in [0.3, 0.4) is 0 Å². The molecule has 2 aromatic heterocycles. The molecule has 4 N–H and O–H groups in total. The van der Waals surface area contributed by atoms with E-state index in [9.17, 15) is 0 Å². The summed E-state index contributed by atoms with van der Waals surface area (Å²) >= 11 is 3.36. The number of nitrogen functional groups attached to an aromatic ring is 1. The first-order chi connectivity index (χ1) is 12.0. The first kappa shape index (κ1) is 17.2. The quantitative estimate of drug-likeness (QED) is 0.570. The summed E-state index contributed by atoms with van der Waals surface area (Å²) in [6, 6.07) is 11.9. The van der Waals surface area contributed by atoms with E-state index in [1.165, 1.54) is 11.9 Å². The maximum Gasteiger partial charge on any atom is 0.160 e. The highest BCUT2D eigenvalue weighted by atomic mass is 79.9. The molecule has 0 radical (unpaired) electrons. The zero-order valence-corrected chi connectivity index (χ0v) is 15.6. The third kappa shape index (κ3) is 4.24. The fourth-order valence-electron chi connectivity index (χ4n) is 2.25. The average molecular weight is 399 g/mol. The third-order valence-electron chi connectivity index (χ3n) is 3.70. The Hall–Kier alpha value is -2.67. The van der Waals surface area contributed by atoms with Gasteiger partial charge in [-0.25, -0.2) is 15.0 Å². The summed E-state index contributed by atoms with van der Waals surface area (Å²) in [5, 5.41) is 6.33. The maximum atomic E-state index is 6.20. The van der Waals surface area contributed by atoms with Gasteiger partial charge in [-0.3, -0.25) is 0 Å². The van der Waals surface area contributed by atoms with E-state index in [1.807, 2.05) is 24.3 Å². The van der Waals surface area contributed by atoms with E-state index < -0.39 is 0 Å². The average Bonchev–Trinajstić information content (AvgIpc) is 2.61. The number of halogens is 1. The lowest BCUT2D eigenvalue weighted by atomic mass is 10.0. The molecule has 0 saturated heterocycles. The molecule has 0 bridgehead atoms. The SMILES string of the molecule is CC(C)c1ccc(Nc2ncnc(Nc3ccc(Br)cn3)c2N)cc1. The van der Waals surface area contributed by atoms with Crippen LogP contribution in [0.1, 0.15) is 25.3 Å². The highest BCUT2D eigenvalue weighted by Gasteiger charge is 2.09. The Bertz CT molecular complexity index is 846. The number of rotatable bonds is 5.